The van der Waals surface area contributed by atoms with Crippen molar-refractivity contribution in [1.82, 2.24) is 5.32 Å². The Kier molecular flexibility index (Phi) is 8.52. The molecule has 0 aliphatic heterocycles. The Morgan fingerprint density at radius 1 is 1.13 bits per heavy atom. The van der Waals surface area contributed by atoms with Gasteiger partial charge in [-0.3, -0.25) is 4.79 Å². The van der Waals surface area contributed by atoms with Crippen molar-refractivity contribution in [3.05, 3.63) is 0 Å². The number of nitrogens with one attached hydrogen (secondary N) is 1. The lowest BCUT2D eigenvalue weighted by Crippen LogP contribution is -2.28. The first-order chi connectivity index (χ1) is 7.16. The monoisotopic (exact) mass is 217 g/mol. The quantitative estimate of drug-likeness (QED) is 0.518. The summed E-state index contributed by atoms with van der Waals surface area (Å²) < 4.78 is 9.49. The molecule has 0 aliphatic carbocycles. The summed E-state index contributed by atoms with van der Waals surface area (Å²) in [5, 5.41) is 2.48. The molecule has 15 heavy (non-hydrogen) atoms. The van der Waals surface area contributed by atoms with Crippen LogP contribution in [0.1, 0.15) is 33.1 Å². The molecule has 5 nitrogen and oxygen atoms in total. The lowest BCUT2D eigenvalue weighted by atomic mass is 10.3. The Labute approximate surface area is 90.1 Å². The van der Waals surface area contributed by atoms with E-state index in [2.05, 4.69) is 17.0 Å². The zero-order valence-corrected chi connectivity index (χ0v) is 9.38. The van der Waals surface area contributed by atoms with Gasteiger partial charge in [0.2, 0.25) is 0 Å². The zero-order chi connectivity index (χ0) is 11.5. The van der Waals surface area contributed by atoms with Gasteiger partial charge in [-0.15, -0.1) is 0 Å². The Bertz CT molecular complexity index is 194. The summed E-state index contributed by atoms with van der Waals surface area (Å²) in [6, 6.07) is 0. The largest absolute Gasteiger partial charge is 0.464 e. The molecule has 0 spiro atoms. The third kappa shape index (κ3) is 10.7. The molecule has 0 radical (unpaired) electrons. The fraction of sp³-hybridized carbons (Fsp3) is 0.800. The first-order valence-electron chi connectivity index (χ1n) is 5.20. The Hall–Kier alpha value is -1.26. The van der Waals surface area contributed by atoms with Gasteiger partial charge in [-0.05, 0) is 6.42 Å². The van der Waals surface area contributed by atoms with E-state index in [1.54, 1.807) is 0 Å². The predicted molar refractivity (Wildman–Crippen MR) is 55.5 cm³/mol. The zero-order valence-electron chi connectivity index (χ0n) is 9.38. The minimum atomic E-state index is -0.460. The Morgan fingerprint density at radius 3 is 2.47 bits per heavy atom. The summed E-state index contributed by atoms with van der Waals surface area (Å²) in [5.41, 5.74) is 0. The van der Waals surface area contributed by atoms with Crippen LogP contribution in [0.15, 0.2) is 0 Å². The summed E-state index contributed by atoms with van der Waals surface area (Å²) in [6.07, 6.45) is 2.57. The molecule has 0 heterocycles. The van der Waals surface area contributed by atoms with Crippen LogP contribution >= 0.6 is 0 Å². The molecule has 0 aromatic rings. The van der Waals surface area contributed by atoms with Gasteiger partial charge in [0.25, 0.3) is 0 Å². The number of alkyl carbamates (subject to hydrolysis) is 1. The average Bonchev–Trinajstić information content (AvgIpc) is 2.19. The highest BCUT2D eigenvalue weighted by Gasteiger charge is 2.00. The summed E-state index contributed by atoms with van der Waals surface area (Å²) in [4.78, 5) is 21.3. The SMILES string of the molecule is CCCCCOC(=O)NCCOC(C)=O. The molecule has 0 aromatic heterocycles. The summed E-state index contributed by atoms with van der Waals surface area (Å²) in [6.45, 7) is 4.31. The second-order valence-electron chi connectivity index (χ2n) is 3.11. The van der Waals surface area contributed by atoms with Gasteiger partial charge >= 0.3 is 12.1 Å². The number of hydrogen-bond donors (Lipinski definition) is 1. The van der Waals surface area contributed by atoms with E-state index in [1.807, 2.05) is 0 Å². The third-order valence-corrected chi connectivity index (χ3v) is 1.66. The maximum atomic E-state index is 11.0. The lowest BCUT2D eigenvalue weighted by Gasteiger charge is -2.06. The molecule has 1 N–H and O–H groups in total. The molecule has 0 fully saturated rings. The second-order valence-corrected chi connectivity index (χ2v) is 3.11. The van der Waals surface area contributed by atoms with Crippen LogP contribution in [0.4, 0.5) is 4.79 Å². The van der Waals surface area contributed by atoms with Gasteiger partial charge in [0.05, 0.1) is 13.2 Å². The molecule has 0 rings (SSSR count). The van der Waals surface area contributed by atoms with E-state index in [-0.39, 0.29) is 19.1 Å². The highest BCUT2D eigenvalue weighted by atomic mass is 16.6. The van der Waals surface area contributed by atoms with E-state index in [0.29, 0.717) is 6.61 Å². The van der Waals surface area contributed by atoms with Gasteiger partial charge in [-0.25, -0.2) is 4.79 Å². The first kappa shape index (κ1) is 13.7. The van der Waals surface area contributed by atoms with Crippen molar-refractivity contribution in [2.75, 3.05) is 19.8 Å². The van der Waals surface area contributed by atoms with Crippen LogP contribution < -0.4 is 5.32 Å². The molecule has 0 saturated heterocycles. The van der Waals surface area contributed by atoms with Gasteiger partial charge in [-0.2, -0.15) is 0 Å². The first-order valence-corrected chi connectivity index (χ1v) is 5.20. The molecule has 0 bridgehead atoms. The van der Waals surface area contributed by atoms with Crippen LogP contribution in [0.3, 0.4) is 0 Å². The van der Waals surface area contributed by atoms with E-state index in [0.717, 1.165) is 19.3 Å². The van der Waals surface area contributed by atoms with E-state index in [1.165, 1.54) is 6.92 Å². The van der Waals surface area contributed by atoms with E-state index in [9.17, 15) is 9.59 Å². The molecule has 0 saturated carbocycles. The van der Waals surface area contributed by atoms with Crippen molar-refractivity contribution in [3.8, 4) is 0 Å². The smallest absolute Gasteiger partial charge is 0.407 e. The van der Waals surface area contributed by atoms with E-state index >= 15 is 0 Å². The van der Waals surface area contributed by atoms with Crippen LogP contribution in [-0.4, -0.2) is 31.8 Å². The minimum absolute atomic E-state index is 0.180. The fourth-order valence-electron chi connectivity index (χ4n) is 0.916. The molecule has 0 aromatic carbocycles. The molecule has 0 unspecified atom stereocenters. The number of ether oxygens (including phenoxy) is 2. The standard InChI is InChI=1S/C10H19NO4/c1-3-4-5-7-15-10(13)11-6-8-14-9(2)12/h3-8H2,1-2H3,(H,11,13). The molecule has 1 amide bonds. The lowest BCUT2D eigenvalue weighted by molar-refractivity contribution is -0.140. The van der Waals surface area contributed by atoms with Crippen LogP contribution in [0, 0.1) is 0 Å². The van der Waals surface area contributed by atoms with Gasteiger partial charge in [0.1, 0.15) is 6.61 Å². The van der Waals surface area contributed by atoms with E-state index < -0.39 is 6.09 Å². The van der Waals surface area contributed by atoms with E-state index in [4.69, 9.17) is 4.74 Å². The number of unbranched alkanes of at least 4 members (excludes halogenated alkanes) is 2. The van der Waals surface area contributed by atoms with Gasteiger partial charge in [0.15, 0.2) is 0 Å². The molecule has 0 aliphatic rings. The fourth-order valence-corrected chi connectivity index (χ4v) is 0.916. The van der Waals surface area contributed by atoms with Crippen molar-refractivity contribution in [3.63, 3.8) is 0 Å². The van der Waals surface area contributed by atoms with Crippen LogP contribution in [-0.2, 0) is 14.3 Å². The third-order valence-electron chi connectivity index (χ3n) is 1.66. The van der Waals surface area contributed by atoms with Crippen molar-refractivity contribution in [1.29, 1.82) is 0 Å². The van der Waals surface area contributed by atoms with Crippen molar-refractivity contribution >= 4 is 12.1 Å². The highest BCUT2D eigenvalue weighted by molar-refractivity contribution is 5.67. The van der Waals surface area contributed by atoms with Crippen LogP contribution in [0.25, 0.3) is 0 Å². The van der Waals surface area contributed by atoms with Gasteiger partial charge < -0.3 is 14.8 Å². The Balaban J connectivity index is 3.22. The number of rotatable bonds is 7. The molecular formula is C10H19NO4. The molecule has 5 heteroatoms. The number of carbonyl (C=O) groups excluding carboxylic acids is 2. The molecular weight excluding hydrogens is 198 g/mol. The summed E-state index contributed by atoms with van der Waals surface area (Å²) >= 11 is 0. The maximum absolute atomic E-state index is 11.0. The number of hydrogen-bond acceptors (Lipinski definition) is 4. The van der Waals surface area contributed by atoms with Crippen molar-refractivity contribution in [2.24, 2.45) is 0 Å². The van der Waals surface area contributed by atoms with Crippen LogP contribution in [0.2, 0.25) is 0 Å². The highest BCUT2D eigenvalue weighted by Crippen LogP contribution is 1.93. The van der Waals surface area contributed by atoms with Crippen LogP contribution in [0.5, 0.6) is 0 Å². The van der Waals surface area contributed by atoms with Gasteiger partial charge in [0, 0.05) is 6.92 Å². The molecule has 0 atom stereocenters. The number of carbonyl (C=O) groups is 2. The second kappa shape index (κ2) is 9.30. The van der Waals surface area contributed by atoms with Crippen molar-refractivity contribution < 1.29 is 19.1 Å². The summed E-state index contributed by atoms with van der Waals surface area (Å²) in [7, 11) is 0. The van der Waals surface area contributed by atoms with Gasteiger partial charge in [-0.1, -0.05) is 19.8 Å². The predicted octanol–water partition coefficient (Wildman–Crippen LogP) is 1.47. The topological polar surface area (TPSA) is 64.6 Å². The number of amides is 1. The molecule has 88 valence electrons. The minimum Gasteiger partial charge on any atom is -0.464 e. The number of esters is 1. The summed E-state index contributed by atoms with van der Waals surface area (Å²) in [5.74, 6) is -0.354. The average molecular weight is 217 g/mol. The van der Waals surface area contributed by atoms with Crippen molar-refractivity contribution in [2.45, 2.75) is 33.1 Å². The normalized spacial score (nSPS) is 9.47. The maximum Gasteiger partial charge on any atom is 0.407 e. The Morgan fingerprint density at radius 2 is 1.87 bits per heavy atom.